The van der Waals surface area contributed by atoms with Crippen LogP contribution < -0.4 is 4.90 Å². The molecule has 21 heavy (non-hydrogen) atoms. The van der Waals surface area contributed by atoms with E-state index >= 15 is 0 Å². The maximum absolute atomic E-state index is 12.9. The number of benzene rings is 1. The largest absolute Gasteiger partial charge is 0.481 e. The monoisotopic (exact) mass is 296 g/mol. The van der Waals surface area contributed by atoms with Crippen molar-refractivity contribution in [1.82, 2.24) is 4.90 Å². The number of carboxylic acids is 1. The number of hydrogen-bond donors (Lipinski definition) is 1. The molecule has 0 atom stereocenters. The van der Waals surface area contributed by atoms with E-state index in [2.05, 4.69) is 0 Å². The van der Waals surface area contributed by atoms with Gasteiger partial charge in [-0.25, -0.2) is 9.18 Å². The molecular formula is C15H21FN2O3. The Balaban J connectivity index is 2.75. The van der Waals surface area contributed by atoms with Gasteiger partial charge in [-0.2, -0.15) is 0 Å². The highest BCUT2D eigenvalue weighted by atomic mass is 19.1. The van der Waals surface area contributed by atoms with Gasteiger partial charge in [-0.1, -0.05) is 0 Å². The highest BCUT2D eigenvalue weighted by molar-refractivity contribution is 5.91. The second-order valence-corrected chi connectivity index (χ2v) is 5.10. The summed E-state index contributed by atoms with van der Waals surface area (Å²) < 4.78 is 12.9. The summed E-state index contributed by atoms with van der Waals surface area (Å²) in [6.45, 7) is 4.11. The van der Waals surface area contributed by atoms with E-state index in [0.717, 1.165) is 0 Å². The van der Waals surface area contributed by atoms with E-state index in [1.54, 1.807) is 11.9 Å². The third-order valence-electron chi connectivity index (χ3n) is 3.16. The Labute approximate surface area is 124 Å². The molecule has 1 N–H and O–H groups in total. The molecule has 5 nitrogen and oxygen atoms in total. The van der Waals surface area contributed by atoms with Gasteiger partial charge in [-0.05, 0) is 44.5 Å². The number of amides is 2. The standard InChI is InChI=1S/C15H21FN2O3/c1-11(2)18(10-4-5-14(19)20)15(21)17(3)13-8-6-12(16)7-9-13/h6-9,11H,4-5,10H2,1-3H3,(H,19,20). The van der Waals surface area contributed by atoms with Crippen LogP contribution in [0, 0.1) is 5.82 Å². The van der Waals surface area contributed by atoms with E-state index in [4.69, 9.17) is 5.11 Å². The van der Waals surface area contributed by atoms with Crippen molar-refractivity contribution in [3.63, 3.8) is 0 Å². The third kappa shape index (κ3) is 5.06. The SMILES string of the molecule is CC(C)N(CCCC(=O)O)C(=O)N(C)c1ccc(F)cc1. The highest BCUT2D eigenvalue weighted by Crippen LogP contribution is 2.16. The maximum Gasteiger partial charge on any atom is 0.324 e. The van der Waals surface area contributed by atoms with Crippen LogP contribution >= 0.6 is 0 Å². The van der Waals surface area contributed by atoms with Crippen molar-refractivity contribution in [2.24, 2.45) is 0 Å². The van der Waals surface area contributed by atoms with Gasteiger partial charge < -0.3 is 10.0 Å². The fourth-order valence-corrected chi connectivity index (χ4v) is 1.94. The van der Waals surface area contributed by atoms with E-state index in [0.29, 0.717) is 18.7 Å². The van der Waals surface area contributed by atoms with Crippen LogP contribution in [0.2, 0.25) is 0 Å². The van der Waals surface area contributed by atoms with Crippen LogP contribution in [-0.2, 0) is 4.79 Å². The molecule has 1 aromatic rings. The first-order valence-electron chi connectivity index (χ1n) is 6.84. The van der Waals surface area contributed by atoms with Crippen LogP contribution in [-0.4, -0.2) is 41.6 Å². The van der Waals surface area contributed by atoms with Crippen LogP contribution in [0.3, 0.4) is 0 Å². The van der Waals surface area contributed by atoms with Crippen molar-refractivity contribution in [2.75, 3.05) is 18.5 Å². The van der Waals surface area contributed by atoms with Crippen molar-refractivity contribution < 1.29 is 19.1 Å². The summed E-state index contributed by atoms with van der Waals surface area (Å²) in [6.07, 6.45) is 0.424. The third-order valence-corrected chi connectivity index (χ3v) is 3.16. The number of carboxylic acid groups (broad SMARTS) is 1. The number of carbonyl (C=O) groups excluding carboxylic acids is 1. The predicted octanol–water partition coefficient (Wildman–Crippen LogP) is 2.96. The van der Waals surface area contributed by atoms with Crippen LogP contribution in [0.25, 0.3) is 0 Å². The quantitative estimate of drug-likeness (QED) is 0.878. The molecule has 0 fully saturated rings. The summed E-state index contributed by atoms with van der Waals surface area (Å²) in [6, 6.07) is 5.37. The fraction of sp³-hybridized carbons (Fsp3) is 0.467. The minimum atomic E-state index is -0.877. The van der Waals surface area contributed by atoms with Gasteiger partial charge in [-0.3, -0.25) is 9.69 Å². The van der Waals surface area contributed by atoms with Crippen LogP contribution in [0.4, 0.5) is 14.9 Å². The summed E-state index contributed by atoms with van der Waals surface area (Å²) in [5.74, 6) is -1.24. The van der Waals surface area contributed by atoms with Gasteiger partial charge in [0.1, 0.15) is 5.82 Å². The molecule has 6 heteroatoms. The molecule has 116 valence electrons. The summed E-state index contributed by atoms with van der Waals surface area (Å²) in [5, 5.41) is 8.67. The number of aliphatic carboxylic acids is 1. The first-order chi connectivity index (χ1) is 9.82. The minimum absolute atomic E-state index is 0.0246. The van der Waals surface area contributed by atoms with E-state index in [1.165, 1.54) is 29.2 Å². The van der Waals surface area contributed by atoms with E-state index in [1.807, 2.05) is 13.8 Å². The zero-order chi connectivity index (χ0) is 16.0. The molecule has 0 spiro atoms. The van der Waals surface area contributed by atoms with Gasteiger partial charge in [0.25, 0.3) is 0 Å². The Morgan fingerprint density at radius 1 is 1.24 bits per heavy atom. The van der Waals surface area contributed by atoms with Crippen molar-refractivity contribution in [1.29, 1.82) is 0 Å². The Hall–Kier alpha value is -2.11. The number of hydrogen-bond acceptors (Lipinski definition) is 2. The molecule has 0 aliphatic carbocycles. The Bertz CT molecular complexity index is 488. The number of anilines is 1. The van der Waals surface area contributed by atoms with Crippen LogP contribution in [0.15, 0.2) is 24.3 Å². The lowest BCUT2D eigenvalue weighted by atomic mass is 10.2. The predicted molar refractivity (Wildman–Crippen MR) is 78.9 cm³/mol. The summed E-state index contributed by atoms with van der Waals surface area (Å²) >= 11 is 0. The molecule has 0 aromatic heterocycles. The lowest BCUT2D eigenvalue weighted by molar-refractivity contribution is -0.137. The number of urea groups is 1. The summed E-state index contributed by atoms with van der Waals surface area (Å²) in [5.41, 5.74) is 0.588. The van der Waals surface area contributed by atoms with Gasteiger partial charge in [-0.15, -0.1) is 0 Å². The first-order valence-corrected chi connectivity index (χ1v) is 6.84. The van der Waals surface area contributed by atoms with Crippen molar-refractivity contribution >= 4 is 17.7 Å². The van der Waals surface area contributed by atoms with Crippen molar-refractivity contribution in [3.05, 3.63) is 30.1 Å². The fourth-order valence-electron chi connectivity index (χ4n) is 1.94. The number of nitrogens with zero attached hydrogens (tertiary/aromatic N) is 2. The average molecular weight is 296 g/mol. The molecule has 0 saturated heterocycles. The lowest BCUT2D eigenvalue weighted by Crippen LogP contribution is -2.45. The Morgan fingerprint density at radius 3 is 2.29 bits per heavy atom. The Kier molecular flexibility index (Phi) is 6.14. The average Bonchev–Trinajstić information content (AvgIpc) is 2.42. The number of rotatable bonds is 6. The van der Waals surface area contributed by atoms with Gasteiger partial charge in [0, 0.05) is 31.7 Å². The molecule has 1 rings (SSSR count). The van der Waals surface area contributed by atoms with E-state index in [9.17, 15) is 14.0 Å². The van der Waals surface area contributed by atoms with Gasteiger partial charge >= 0.3 is 12.0 Å². The van der Waals surface area contributed by atoms with Crippen LogP contribution in [0.1, 0.15) is 26.7 Å². The van der Waals surface area contributed by atoms with Crippen LogP contribution in [0.5, 0.6) is 0 Å². The molecule has 0 aliphatic rings. The molecule has 2 amide bonds. The lowest BCUT2D eigenvalue weighted by Gasteiger charge is -2.31. The maximum atomic E-state index is 12.9. The molecule has 0 saturated carbocycles. The zero-order valence-electron chi connectivity index (χ0n) is 12.5. The van der Waals surface area contributed by atoms with Crippen molar-refractivity contribution in [3.8, 4) is 0 Å². The molecule has 0 unspecified atom stereocenters. The summed E-state index contributed by atoms with van der Waals surface area (Å²) in [4.78, 5) is 26.0. The molecule has 0 radical (unpaired) electrons. The van der Waals surface area contributed by atoms with Gasteiger partial charge in [0.05, 0.1) is 0 Å². The van der Waals surface area contributed by atoms with Crippen molar-refractivity contribution in [2.45, 2.75) is 32.7 Å². The summed E-state index contributed by atoms with van der Waals surface area (Å²) in [7, 11) is 1.61. The molecular weight excluding hydrogens is 275 g/mol. The second kappa shape index (κ2) is 7.61. The molecule has 0 aliphatic heterocycles. The number of halogens is 1. The molecule has 1 aromatic carbocycles. The van der Waals surface area contributed by atoms with Gasteiger partial charge in [0.2, 0.25) is 0 Å². The Morgan fingerprint density at radius 2 is 1.81 bits per heavy atom. The van der Waals surface area contributed by atoms with Gasteiger partial charge in [0.15, 0.2) is 0 Å². The first kappa shape index (κ1) is 16.9. The molecule has 0 heterocycles. The van der Waals surface area contributed by atoms with E-state index in [-0.39, 0.29) is 24.3 Å². The normalized spacial score (nSPS) is 10.5. The molecule has 0 bridgehead atoms. The minimum Gasteiger partial charge on any atom is -0.481 e. The number of carbonyl (C=O) groups is 2. The second-order valence-electron chi connectivity index (χ2n) is 5.10. The highest BCUT2D eigenvalue weighted by Gasteiger charge is 2.21. The topological polar surface area (TPSA) is 60.9 Å². The van der Waals surface area contributed by atoms with E-state index < -0.39 is 5.97 Å². The zero-order valence-corrected chi connectivity index (χ0v) is 12.5. The smallest absolute Gasteiger partial charge is 0.324 e.